The van der Waals surface area contributed by atoms with Gasteiger partial charge in [0.05, 0.1) is 5.56 Å². The number of ether oxygens (including phenoxy) is 2. The molecule has 0 bridgehead atoms. The molecule has 1 aromatic carbocycles. The molecule has 0 spiro atoms. The lowest BCUT2D eigenvalue weighted by molar-refractivity contribution is -0.119. The second-order valence-electron chi connectivity index (χ2n) is 6.43. The van der Waals surface area contributed by atoms with Crippen molar-refractivity contribution >= 4 is 28.9 Å². The van der Waals surface area contributed by atoms with Crippen molar-refractivity contribution in [2.45, 2.75) is 32.8 Å². The van der Waals surface area contributed by atoms with E-state index in [4.69, 9.17) is 4.74 Å². The zero-order valence-electron chi connectivity index (χ0n) is 14.7. The number of carbonyl (C=O) groups excluding carboxylic acids is 2. The summed E-state index contributed by atoms with van der Waals surface area (Å²) in [7, 11) is 0. The van der Waals surface area contributed by atoms with Crippen LogP contribution < -0.4 is 10.1 Å². The van der Waals surface area contributed by atoms with Gasteiger partial charge >= 0.3 is 12.6 Å². The van der Waals surface area contributed by atoms with Gasteiger partial charge in [-0.2, -0.15) is 8.78 Å². The number of rotatable bonds is 6. The van der Waals surface area contributed by atoms with E-state index in [1.807, 2.05) is 0 Å². The standard InChI is InChI=1S/C19H19F2NO4S/c1-11-2-7-14-15(10-27-16(14)8-11)18(24)25-9-17(23)22-12-3-5-13(6-4-12)26-19(20)21/h3-6,10-11,19H,2,7-9H2,1H3,(H,22,23)/t11-/m0/s1. The average Bonchev–Trinajstić information content (AvgIpc) is 3.04. The molecule has 3 rings (SSSR count). The summed E-state index contributed by atoms with van der Waals surface area (Å²) in [5.41, 5.74) is 1.97. The molecule has 0 unspecified atom stereocenters. The van der Waals surface area contributed by atoms with Crippen molar-refractivity contribution in [1.29, 1.82) is 0 Å². The molecule has 8 heteroatoms. The van der Waals surface area contributed by atoms with Gasteiger partial charge in [-0.1, -0.05) is 6.92 Å². The van der Waals surface area contributed by atoms with Gasteiger partial charge in [0.1, 0.15) is 5.75 Å². The fourth-order valence-electron chi connectivity index (χ4n) is 2.97. The normalized spacial score (nSPS) is 15.9. The van der Waals surface area contributed by atoms with Crippen LogP contribution in [0.5, 0.6) is 5.75 Å². The summed E-state index contributed by atoms with van der Waals surface area (Å²) in [6.07, 6.45) is 2.86. The maximum Gasteiger partial charge on any atom is 0.387 e. The van der Waals surface area contributed by atoms with E-state index in [1.54, 1.807) is 16.7 Å². The highest BCUT2D eigenvalue weighted by Gasteiger charge is 2.24. The first-order valence-electron chi connectivity index (χ1n) is 8.53. The third-order valence-corrected chi connectivity index (χ3v) is 5.37. The van der Waals surface area contributed by atoms with Gasteiger partial charge in [-0.05, 0) is 55.0 Å². The van der Waals surface area contributed by atoms with Crippen LogP contribution in [-0.2, 0) is 22.4 Å². The molecule has 0 radical (unpaired) electrons. The van der Waals surface area contributed by atoms with Gasteiger partial charge in [0.25, 0.3) is 5.91 Å². The quantitative estimate of drug-likeness (QED) is 0.742. The highest BCUT2D eigenvalue weighted by atomic mass is 32.1. The molecule has 1 heterocycles. The SMILES string of the molecule is C[C@H]1CCc2c(C(=O)OCC(=O)Nc3ccc(OC(F)F)cc3)csc2C1. The number of esters is 1. The summed E-state index contributed by atoms with van der Waals surface area (Å²) in [6.45, 7) is -1.14. The first-order chi connectivity index (χ1) is 12.9. The Kier molecular flexibility index (Phi) is 6.05. The van der Waals surface area contributed by atoms with Crippen molar-refractivity contribution in [1.82, 2.24) is 0 Å². The van der Waals surface area contributed by atoms with Gasteiger partial charge in [-0.3, -0.25) is 4.79 Å². The fraction of sp³-hybridized carbons (Fsp3) is 0.368. The lowest BCUT2D eigenvalue weighted by atomic mass is 9.88. The second-order valence-corrected chi connectivity index (χ2v) is 7.39. The summed E-state index contributed by atoms with van der Waals surface area (Å²) < 4.78 is 33.6. The predicted octanol–water partition coefficient (Wildman–Crippen LogP) is 4.27. The molecule has 144 valence electrons. The van der Waals surface area contributed by atoms with Crippen LogP contribution in [0.15, 0.2) is 29.6 Å². The fourth-order valence-corrected chi connectivity index (χ4v) is 4.21. The topological polar surface area (TPSA) is 64.6 Å². The molecular formula is C19H19F2NO4S. The largest absolute Gasteiger partial charge is 0.452 e. The van der Waals surface area contributed by atoms with Crippen molar-refractivity contribution < 1.29 is 27.8 Å². The molecule has 0 saturated carbocycles. The molecule has 1 N–H and O–H groups in total. The number of alkyl halides is 2. The average molecular weight is 395 g/mol. The van der Waals surface area contributed by atoms with Gasteiger partial charge in [0, 0.05) is 15.9 Å². The van der Waals surface area contributed by atoms with Crippen molar-refractivity contribution in [2.24, 2.45) is 5.92 Å². The van der Waals surface area contributed by atoms with Crippen molar-refractivity contribution in [3.05, 3.63) is 45.6 Å². The Labute approximate surface area is 159 Å². The lowest BCUT2D eigenvalue weighted by Gasteiger charge is -2.18. The Balaban J connectivity index is 1.51. The van der Waals surface area contributed by atoms with E-state index in [1.165, 1.54) is 29.1 Å². The molecule has 1 aromatic heterocycles. The van der Waals surface area contributed by atoms with E-state index >= 15 is 0 Å². The number of carbonyl (C=O) groups is 2. The maximum absolute atomic E-state index is 12.3. The van der Waals surface area contributed by atoms with Crippen LogP contribution in [0.3, 0.4) is 0 Å². The Morgan fingerprint density at radius 2 is 2.04 bits per heavy atom. The van der Waals surface area contributed by atoms with E-state index in [9.17, 15) is 18.4 Å². The zero-order valence-corrected chi connectivity index (χ0v) is 15.5. The minimum absolute atomic E-state index is 0.00835. The number of hydrogen-bond acceptors (Lipinski definition) is 5. The number of fused-ring (bicyclic) bond motifs is 1. The van der Waals surface area contributed by atoms with Gasteiger partial charge in [0.2, 0.25) is 0 Å². The first kappa shape index (κ1) is 19.3. The van der Waals surface area contributed by atoms with E-state index < -0.39 is 25.1 Å². The van der Waals surface area contributed by atoms with Gasteiger partial charge in [-0.25, -0.2) is 4.79 Å². The van der Waals surface area contributed by atoms with Crippen LogP contribution in [0.2, 0.25) is 0 Å². The Morgan fingerprint density at radius 1 is 1.30 bits per heavy atom. The third kappa shape index (κ3) is 5.03. The van der Waals surface area contributed by atoms with E-state index in [0.717, 1.165) is 24.8 Å². The van der Waals surface area contributed by atoms with Crippen LogP contribution in [0, 0.1) is 5.92 Å². The number of halogens is 2. The summed E-state index contributed by atoms with van der Waals surface area (Å²) >= 11 is 1.56. The van der Waals surface area contributed by atoms with Gasteiger partial charge in [-0.15, -0.1) is 11.3 Å². The molecule has 0 saturated heterocycles. The Bertz CT molecular complexity index is 820. The molecule has 27 heavy (non-hydrogen) atoms. The number of thiophene rings is 1. The second kappa shape index (κ2) is 8.47. The number of amides is 1. The highest BCUT2D eigenvalue weighted by Crippen LogP contribution is 2.33. The lowest BCUT2D eigenvalue weighted by Crippen LogP contribution is -2.21. The minimum Gasteiger partial charge on any atom is -0.452 e. The molecule has 1 aliphatic carbocycles. The Morgan fingerprint density at radius 3 is 2.74 bits per heavy atom. The molecule has 1 atom stereocenters. The molecule has 1 amide bonds. The minimum atomic E-state index is -2.91. The van der Waals surface area contributed by atoms with Crippen LogP contribution in [0.25, 0.3) is 0 Å². The smallest absolute Gasteiger partial charge is 0.387 e. The van der Waals surface area contributed by atoms with E-state index in [2.05, 4.69) is 17.0 Å². The maximum atomic E-state index is 12.3. The molecule has 0 fully saturated rings. The molecule has 1 aliphatic rings. The van der Waals surface area contributed by atoms with Crippen LogP contribution in [0.1, 0.15) is 34.1 Å². The van der Waals surface area contributed by atoms with Crippen molar-refractivity contribution in [2.75, 3.05) is 11.9 Å². The van der Waals surface area contributed by atoms with E-state index in [0.29, 0.717) is 17.2 Å². The molecule has 0 aliphatic heterocycles. The van der Waals surface area contributed by atoms with Crippen LogP contribution in [-0.4, -0.2) is 25.1 Å². The molecule has 2 aromatic rings. The highest BCUT2D eigenvalue weighted by molar-refractivity contribution is 7.10. The number of anilines is 1. The summed E-state index contributed by atoms with van der Waals surface area (Å²) in [6, 6.07) is 5.47. The first-order valence-corrected chi connectivity index (χ1v) is 9.41. The summed E-state index contributed by atoms with van der Waals surface area (Å²) in [5.74, 6) is -0.407. The third-order valence-electron chi connectivity index (χ3n) is 4.32. The monoisotopic (exact) mass is 395 g/mol. The summed E-state index contributed by atoms with van der Waals surface area (Å²) in [5, 5.41) is 4.33. The van der Waals surface area contributed by atoms with Gasteiger partial charge in [0.15, 0.2) is 6.61 Å². The van der Waals surface area contributed by atoms with Crippen molar-refractivity contribution in [3.8, 4) is 5.75 Å². The van der Waals surface area contributed by atoms with Crippen molar-refractivity contribution in [3.63, 3.8) is 0 Å². The summed E-state index contributed by atoms with van der Waals surface area (Å²) in [4.78, 5) is 25.4. The Hall–Kier alpha value is -2.48. The van der Waals surface area contributed by atoms with Gasteiger partial charge < -0.3 is 14.8 Å². The van der Waals surface area contributed by atoms with Crippen LogP contribution in [0.4, 0.5) is 14.5 Å². The number of benzene rings is 1. The van der Waals surface area contributed by atoms with E-state index in [-0.39, 0.29) is 5.75 Å². The zero-order chi connectivity index (χ0) is 19.4. The molecule has 5 nitrogen and oxygen atoms in total. The molecular weight excluding hydrogens is 376 g/mol. The predicted molar refractivity (Wildman–Crippen MR) is 97.5 cm³/mol. The number of hydrogen-bond donors (Lipinski definition) is 1. The number of nitrogens with one attached hydrogen (secondary N) is 1. The van der Waals surface area contributed by atoms with Crippen LogP contribution >= 0.6 is 11.3 Å².